The average Bonchev–Trinajstić information content (AvgIpc) is 2.74. The van der Waals surface area contributed by atoms with Crippen molar-refractivity contribution in [1.29, 1.82) is 0 Å². The van der Waals surface area contributed by atoms with Gasteiger partial charge in [-0.05, 0) is 56.7 Å². The monoisotopic (exact) mass is 296 g/mol. The molecule has 2 aliphatic rings. The average molecular weight is 296 g/mol. The Balaban J connectivity index is 1.86. The Morgan fingerprint density at radius 1 is 1.10 bits per heavy atom. The van der Waals surface area contributed by atoms with E-state index in [1.807, 2.05) is 7.11 Å². The zero-order chi connectivity index (χ0) is 15.0. The van der Waals surface area contributed by atoms with Crippen LogP contribution in [0.3, 0.4) is 0 Å². The number of piperidine rings is 1. The van der Waals surface area contributed by atoms with Crippen molar-refractivity contribution < 1.29 is 4.74 Å². The second-order valence-corrected chi connectivity index (χ2v) is 7.37. The zero-order valence-electron chi connectivity index (χ0n) is 14.3. The zero-order valence-corrected chi connectivity index (χ0v) is 14.3. The van der Waals surface area contributed by atoms with E-state index in [9.17, 15) is 0 Å². The number of likely N-dealkylation sites (tertiary alicyclic amines) is 1. The van der Waals surface area contributed by atoms with Gasteiger partial charge in [0.2, 0.25) is 0 Å². The van der Waals surface area contributed by atoms with Gasteiger partial charge >= 0.3 is 0 Å². The Bertz CT molecular complexity index is 266. The largest absolute Gasteiger partial charge is 0.384 e. The lowest BCUT2D eigenvalue weighted by molar-refractivity contribution is 0.0666. The SMILES string of the molecule is CCNCC1(CN2CCC(COC)CC2)CCCCCC1. The number of hydrogen-bond donors (Lipinski definition) is 1. The van der Waals surface area contributed by atoms with Gasteiger partial charge in [-0.1, -0.05) is 32.6 Å². The molecule has 2 fully saturated rings. The molecule has 21 heavy (non-hydrogen) atoms. The van der Waals surface area contributed by atoms with Crippen LogP contribution in [-0.4, -0.2) is 51.3 Å². The number of methoxy groups -OCH3 is 1. The van der Waals surface area contributed by atoms with Crippen LogP contribution in [0.5, 0.6) is 0 Å². The minimum absolute atomic E-state index is 0.542. The Labute approximate surface area is 131 Å². The van der Waals surface area contributed by atoms with Crippen LogP contribution in [0.15, 0.2) is 0 Å². The molecule has 0 aromatic rings. The Morgan fingerprint density at radius 2 is 1.76 bits per heavy atom. The molecule has 1 aliphatic heterocycles. The summed E-state index contributed by atoms with van der Waals surface area (Å²) in [5, 5.41) is 3.66. The van der Waals surface area contributed by atoms with Gasteiger partial charge in [-0.2, -0.15) is 0 Å². The lowest BCUT2D eigenvalue weighted by Gasteiger charge is -2.41. The fraction of sp³-hybridized carbons (Fsp3) is 1.00. The first-order valence-corrected chi connectivity index (χ1v) is 9.20. The molecule has 0 aromatic carbocycles. The molecule has 2 rings (SSSR count). The number of rotatable bonds is 7. The fourth-order valence-electron chi connectivity index (χ4n) is 4.28. The van der Waals surface area contributed by atoms with Crippen LogP contribution in [0.4, 0.5) is 0 Å². The van der Waals surface area contributed by atoms with Crippen molar-refractivity contribution in [3.8, 4) is 0 Å². The summed E-state index contributed by atoms with van der Waals surface area (Å²) in [6.45, 7) is 9.40. The maximum atomic E-state index is 5.33. The molecule has 3 heteroatoms. The molecular formula is C18H36N2O. The van der Waals surface area contributed by atoms with Crippen molar-refractivity contribution in [3.05, 3.63) is 0 Å². The quantitative estimate of drug-likeness (QED) is 0.730. The van der Waals surface area contributed by atoms with Crippen molar-refractivity contribution >= 4 is 0 Å². The summed E-state index contributed by atoms with van der Waals surface area (Å²) in [6.07, 6.45) is 11.3. The second-order valence-electron chi connectivity index (χ2n) is 7.37. The molecule has 0 spiro atoms. The first kappa shape index (κ1) is 17.2. The van der Waals surface area contributed by atoms with Crippen LogP contribution in [-0.2, 0) is 4.74 Å². The molecule has 0 bridgehead atoms. The van der Waals surface area contributed by atoms with Crippen molar-refractivity contribution in [2.45, 2.75) is 58.3 Å². The first-order chi connectivity index (χ1) is 10.3. The summed E-state index contributed by atoms with van der Waals surface area (Å²) in [7, 11) is 1.84. The van der Waals surface area contributed by atoms with Crippen molar-refractivity contribution in [1.82, 2.24) is 10.2 Å². The molecule has 1 saturated carbocycles. The fourth-order valence-corrected chi connectivity index (χ4v) is 4.28. The molecule has 1 heterocycles. The molecule has 124 valence electrons. The smallest absolute Gasteiger partial charge is 0.0491 e. The van der Waals surface area contributed by atoms with E-state index in [1.165, 1.54) is 77.5 Å². The van der Waals surface area contributed by atoms with Crippen LogP contribution in [0.1, 0.15) is 58.3 Å². The molecule has 0 aromatic heterocycles. The summed E-state index contributed by atoms with van der Waals surface area (Å²) in [5.74, 6) is 0.796. The Kier molecular flexibility index (Phi) is 7.48. The van der Waals surface area contributed by atoms with Crippen LogP contribution in [0, 0.1) is 11.3 Å². The van der Waals surface area contributed by atoms with Gasteiger partial charge in [0.1, 0.15) is 0 Å². The minimum atomic E-state index is 0.542. The minimum Gasteiger partial charge on any atom is -0.384 e. The third-order valence-electron chi connectivity index (χ3n) is 5.58. The summed E-state index contributed by atoms with van der Waals surface area (Å²) >= 11 is 0. The molecule has 1 saturated heterocycles. The summed E-state index contributed by atoms with van der Waals surface area (Å²) in [5.41, 5.74) is 0.542. The summed E-state index contributed by atoms with van der Waals surface area (Å²) < 4.78 is 5.33. The van der Waals surface area contributed by atoms with E-state index in [0.29, 0.717) is 5.41 Å². The highest BCUT2D eigenvalue weighted by Gasteiger charge is 2.33. The Morgan fingerprint density at radius 3 is 2.33 bits per heavy atom. The van der Waals surface area contributed by atoms with Gasteiger partial charge in [-0.25, -0.2) is 0 Å². The number of hydrogen-bond acceptors (Lipinski definition) is 3. The maximum absolute atomic E-state index is 5.33. The van der Waals surface area contributed by atoms with Gasteiger partial charge in [0.15, 0.2) is 0 Å². The molecule has 0 amide bonds. The van der Waals surface area contributed by atoms with Crippen LogP contribution in [0.2, 0.25) is 0 Å². The standard InChI is InChI=1S/C18H36N2O/c1-3-19-15-18(10-6-4-5-7-11-18)16-20-12-8-17(9-13-20)14-21-2/h17,19H,3-16H2,1-2H3. The molecule has 1 N–H and O–H groups in total. The van der Waals surface area contributed by atoms with E-state index in [4.69, 9.17) is 4.74 Å². The van der Waals surface area contributed by atoms with Crippen molar-refractivity contribution in [3.63, 3.8) is 0 Å². The predicted octanol–water partition coefficient (Wildman–Crippen LogP) is 3.29. The van der Waals surface area contributed by atoms with Crippen LogP contribution in [0.25, 0.3) is 0 Å². The molecule has 0 unspecified atom stereocenters. The maximum Gasteiger partial charge on any atom is 0.0491 e. The van der Waals surface area contributed by atoms with Gasteiger partial charge in [0.05, 0.1) is 0 Å². The van der Waals surface area contributed by atoms with Gasteiger partial charge in [0.25, 0.3) is 0 Å². The number of nitrogens with zero attached hydrogens (tertiary/aromatic N) is 1. The summed E-state index contributed by atoms with van der Waals surface area (Å²) in [4.78, 5) is 2.74. The lowest BCUT2D eigenvalue weighted by Crippen LogP contribution is -2.46. The van der Waals surface area contributed by atoms with E-state index in [1.54, 1.807) is 0 Å². The van der Waals surface area contributed by atoms with Crippen LogP contribution >= 0.6 is 0 Å². The highest BCUT2D eigenvalue weighted by atomic mass is 16.5. The molecule has 3 nitrogen and oxygen atoms in total. The third kappa shape index (κ3) is 5.54. The van der Waals surface area contributed by atoms with E-state index in [2.05, 4.69) is 17.1 Å². The first-order valence-electron chi connectivity index (χ1n) is 9.20. The summed E-state index contributed by atoms with van der Waals surface area (Å²) in [6, 6.07) is 0. The molecule has 1 aliphatic carbocycles. The number of nitrogens with one attached hydrogen (secondary N) is 1. The van der Waals surface area contributed by atoms with Crippen LogP contribution < -0.4 is 5.32 Å². The van der Waals surface area contributed by atoms with E-state index < -0.39 is 0 Å². The Hall–Kier alpha value is -0.120. The second kappa shape index (κ2) is 9.12. The van der Waals surface area contributed by atoms with Crippen molar-refractivity contribution in [2.75, 3.05) is 46.4 Å². The van der Waals surface area contributed by atoms with Gasteiger partial charge in [0, 0.05) is 26.8 Å². The topological polar surface area (TPSA) is 24.5 Å². The van der Waals surface area contributed by atoms with E-state index >= 15 is 0 Å². The molecule has 0 atom stereocenters. The molecular weight excluding hydrogens is 260 g/mol. The van der Waals surface area contributed by atoms with Gasteiger partial charge < -0.3 is 15.0 Å². The van der Waals surface area contributed by atoms with E-state index in [0.717, 1.165) is 19.1 Å². The third-order valence-corrected chi connectivity index (χ3v) is 5.58. The highest BCUT2D eigenvalue weighted by Crippen LogP contribution is 2.36. The highest BCUT2D eigenvalue weighted by molar-refractivity contribution is 4.88. The lowest BCUT2D eigenvalue weighted by atomic mass is 9.79. The predicted molar refractivity (Wildman–Crippen MR) is 89.7 cm³/mol. The van der Waals surface area contributed by atoms with Gasteiger partial charge in [-0.15, -0.1) is 0 Å². The normalized spacial score (nSPS) is 24.9. The van der Waals surface area contributed by atoms with E-state index in [-0.39, 0.29) is 0 Å². The van der Waals surface area contributed by atoms with Crippen molar-refractivity contribution in [2.24, 2.45) is 11.3 Å². The molecule has 0 radical (unpaired) electrons. The number of ether oxygens (including phenoxy) is 1. The van der Waals surface area contributed by atoms with Gasteiger partial charge in [-0.3, -0.25) is 0 Å².